The Morgan fingerprint density at radius 3 is 2.93 bits per heavy atom. The van der Waals surface area contributed by atoms with Crippen LogP contribution in [0.3, 0.4) is 0 Å². The van der Waals surface area contributed by atoms with E-state index < -0.39 is 0 Å². The lowest BCUT2D eigenvalue weighted by molar-refractivity contribution is 0.415. The predicted octanol–water partition coefficient (Wildman–Crippen LogP) is 1.26. The van der Waals surface area contributed by atoms with Crippen LogP contribution in [0.4, 0.5) is 0 Å². The molecular weight excluding hydrogens is 190 g/mol. The molecule has 0 unspecified atom stereocenters. The summed E-state index contributed by atoms with van der Waals surface area (Å²) in [6, 6.07) is 5.91. The fourth-order valence-corrected chi connectivity index (χ4v) is 1.81. The Bertz CT molecular complexity index is 488. The molecule has 1 aliphatic heterocycles. The molecule has 1 aromatic carbocycles. The molecule has 3 rings (SSSR count). The lowest BCUT2D eigenvalue weighted by atomic mass is 10.0. The minimum absolute atomic E-state index is 0.545. The third-order valence-corrected chi connectivity index (χ3v) is 2.88. The first-order valence-corrected chi connectivity index (χ1v) is 5.11. The monoisotopic (exact) mass is 203 g/mol. The van der Waals surface area contributed by atoms with Gasteiger partial charge >= 0.3 is 0 Å². The van der Waals surface area contributed by atoms with Crippen molar-refractivity contribution in [2.75, 3.05) is 20.2 Å². The fraction of sp³-hybridized carbons (Fsp3) is 0.364. The van der Waals surface area contributed by atoms with E-state index in [1.807, 2.05) is 18.2 Å². The van der Waals surface area contributed by atoms with Crippen LogP contribution < -0.4 is 10.1 Å². The summed E-state index contributed by atoms with van der Waals surface area (Å²) in [6.45, 7) is 2.05. The maximum atomic E-state index is 5.17. The quantitative estimate of drug-likeness (QED) is 0.772. The molecule has 1 aliphatic rings. The Morgan fingerprint density at radius 1 is 1.40 bits per heavy atom. The molecule has 0 atom stereocenters. The van der Waals surface area contributed by atoms with Crippen molar-refractivity contribution in [1.29, 1.82) is 0 Å². The predicted molar refractivity (Wildman–Crippen MR) is 58.3 cm³/mol. The zero-order valence-corrected chi connectivity index (χ0v) is 8.58. The van der Waals surface area contributed by atoms with Gasteiger partial charge in [0.05, 0.1) is 18.1 Å². The first kappa shape index (κ1) is 8.73. The summed E-state index contributed by atoms with van der Waals surface area (Å²) in [5.41, 5.74) is 2.06. The number of aromatic amines is 1. The molecule has 1 saturated heterocycles. The number of nitrogens with one attached hydrogen (secondary N) is 2. The standard InChI is InChI=1S/C11H13N3O/c1-15-8-2-3-9-10(4-8)14-11(13-9)7-5-12-6-7/h2-4,7,12H,5-6H2,1H3,(H,13,14). The van der Waals surface area contributed by atoms with Crippen LogP contribution in [-0.4, -0.2) is 30.2 Å². The lowest BCUT2D eigenvalue weighted by Gasteiger charge is -2.24. The smallest absolute Gasteiger partial charge is 0.121 e. The number of hydrogen-bond acceptors (Lipinski definition) is 3. The average molecular weight is 203 g/mol. The van der Waals surface area contributed by atoms with Crippen LogP contribution in [0.25, 0.3) is 11.0 Å². The molecule has 0 aliphatic carbocycles. The molecule has 78 valence electrons. The van der Waals surface area contributed by atoms with Crippen LogP contribution in [0, 0.1) is 0 Å². The molecule has 1 fully saturated rings. The van der Waals surface area contributed by atoms with Crippen molar-refractivity contribution >= 4 is 11.0 Å². The van der Waals surface area contributed by atoms with Gasteiger partial charge < -0.3 is 15.0 Å². The van der Waals surface area contributed by atoms with E-state index in [2.05, 4.69) is 15.3 Å². The maximum absolute atomic E-state index is 5.17. The summed E-state index contributed by atoms with van der Waals surface area (Å²) in [4.78, 5) is 7.90. The lowest BCUT2D eigenvalue weighted by Crippen LogP contribution is -2.40. The van der Waals surface area contributed by atoms with E-state index in [9.17, 15) is 0 Å². The Balaban J connectivity index is 2.04. The van der Waals surface area contributed by atoms with Crippen molar-refractivity contribution in [2.24, 2.45) is 0 Å². The Labute approximate surface area is 87.7 Å². The summed E-state index contributed by atoms with van der Waals surface area (Å²) in [6.07, 6.45) is 0. The number of ether oxygens (including phenoxy) is 1. The third-order valence-electron chi connectivity index (χ3n) is 2.88. The summed E-state index contributed by atoms with van der Waals surface area (Å²) >= 11 is 0. The van der Waals surface area contributed by atoms with Gasteiger partial charge in [-0.25, -0.2) is 4.98 Å². The zero-order chi connectivity index (χ0) is 10.3. The van der Waals surface area contributed by atoms with Crippen LogP contribution in [-0.2, 0) is 0 Å². The van der Waals surface area contributed by atoms with Gasteiger partial charge in [0.2, 0.25) is 0 Å². The van der Waals surface area contributed by atoms with Crippen LogP contribution in [0.1, 0.15) is 11.7 Å². The Kier molecular flexibility index (Phi) is 1.89. The Morgan fingerprint density at radius 2 is 2.27 bits per heavy atom. The van der Waals surface area contributed by atoms with Gasteiger partial charge in [0.15, 0.2) is 0 Å². The average Bonchev–Trinajstić information content (AvgIpc) is 2.56. The van der Waals surface area contributed by atoms with Crippen LogP contribution in [0.5, 0.6) is 5.75 Å². The molecule has 0 bridgehead atoms. The van der Waals surface area contributed by atoms with E-state index in [4.69, 9.17) is 4.74 Å². The number of imidazole rings is 1. The van der Waals surface area contributed by atoms with Crippen molar-refractivity contribution < 1.29 is 4.74 Å². The first-order chi connectivity index (χ1) is 7.36. The van der Waals surface area contributed by atoms with Gasteiger partial charge in [-0.05, 0) is 12.1 Å². The van der Waals surface area contributed by atoms with Gasteiger partial charge in [-0.1, -0.05) is 0 Å². The van der Waals surface area contributed by atoms with E-state index >= 15 is 0 Å². The molecule has 0 amide bonds. The van der Waals surface area contributed by atoms with E-state index in [1.165, 1.54) is 0 Å². The van der Waals surface area contributed by atoms with Gasteiger partial charge in [0.1, 0.15) is 11.6 Å². The second kappa shape index (κ2) is 3.24. The summed E-state index contributed by atoms with van der Waals surface area (Å²) in [5, 5.41) is 3.24. The van der Waals surface area contributed by atoms with E-state index in [0.717, 1.165) is 35.7 Å². The molecule has 1 aromatic heterocycles. The molecule has 0 radical (unpaired) electrons. The number of nitrogens with zero attached hydrogens (tertiary/aromatic N) is 1. The number of aromatic nitrogens is 2. The number of fused-ring (bicyclic) bond motifs is 1. The number of rotatable bonds is 2. The summed E-state index contributed by atoms with van der Waals surface area (Å²) in [5.74, 6) is 2.49. The second-order valence-corrected chi connectivity index (χ2v) is 3.86. The fourth-order valence-electron chi connectivity index (χ4n) is 1.81. The normalized spacial score (nSPS) is 16.6. The van der Waals surface area contributed by atoms with Gasteiger partial charge in [-0.3, -0.25) is 0 Å². The van der Waals surface area contributed by atoms with Crippen molar-refractivity contribution in [3.8, 4) is 5.75 Å². The highest BCUT2D eigenvalue weighted by Crippen LogP contribution is 2.23. The number of methoxy groups -OCH3 is 1. The molecule has 15 heavy (non-hydrogen) atoms. The van der Waals surface area contributed by atoms with Crippen molar-refractivity contribution in [1.82, 2.24) is 15.3 Å². The number of hydrogen-bond donors (Lipinski definition) is 2. The first-order valence-electron chi connectivity index (χ1n) is 5.11. The molecular formula is C11H13N3O. The van der Waals surface area contributed by atoms with E-state index in [-0.39, 0.29) is 0 Å². The SMILES string of the molecule is COc1ccc2nc(C3CNC3)[nH]c2c1. The van der Waals surface area contributed by atoms with Crippen molar-refractivity contribution in [3.63, 3.8) is 0 Å². The van der Waals surface area contributed by atoms with Crippen molar-refractivity contribution in [2.45, 2.75) is 5.92 Å². The summed E-state index contributed by atoms with van der Waals surface area (Å²) < 4.78 is 5.17. The van der Waals surface area contributed by atoms with Gasteiger partial charge in [-0.2, -0.15) is 0 Å². The van der Waals surface area contributed by atoms with E-state index in [1.54, 1.807) is 7.11 Å². The summed E-state index contributed by atoms with van der Waals surface area (Å²) in [7, 11) is 1.67. The topological polar surface area (TPSA) is 49.9 Å². The molecule has 0 saturated carbocycles. The largest absolute Gasteiger partial charge is 0.497 e. The highest BCUT2D eigenvalue weighted by Gasteiger charge is 2.22. The van der Waals surface area contributed by atoms with Gasteiger partial charge in [-0.15, -0.1) is 0 Å². The maximum Gasteiger partial charge on any atom is 0.121 e. The molecule has 0 spiro atoms. The molecule has 2 heterocycles. The van der Waals surface area contributed by atoms with E-state index in [0.29, 0.717) is 5.92 Å². The second-order valence-electron chi connectivity index (χ2n) is 3.86. The van der Waals surface area contributed by atoms with Crippen LogP contribution in [0.15, 0.2) is 18.2 Å². The van der Waals surface area contributed by atoms with Gasteiger partial charge in [0.25, 0.3) is 0 Å². The number of H-pyrrole nitrogens is 1. The van der Waals surface area contributed by atoms with Crippen molar-refractivity contribution in [3.05, 3.63) is 24.0 Å². The van der Waals surface area contributed by atoms with Gasteiger partial charge in [0, 0.05) is 25.1 Å². The number of benzene rings is 1. The molecule has 2 aromatic rings. The molecule has 4 heteroatoms. The third kappa shape index (κ3) is 1.37. The highest BCUT2D eigenvalue weighted by molar-refractivity contribution is 5.76. The Hall–Kier alpha value is -1.55. The zero-order valence-electron chi connectivity index (χ0n) is 8.58. The minimum atomic E-state index is 0.545. The molecule has 2 N–H and O–H groups in total. The minimum Gasteiger partial charge on any atom is -0.497 e. The van der Waals surface area contributed by atoms with Crippen LogP contribution >= 0.6 is 0 Å². The highest BCUT2D eigenvalue weighted by atomic mass is 16.5. The van der Waals surface area contributed by atoms with Crippen LogP contribution in [0.2, 0.25) is 0 Å². The molecule has 4 nitrogen and oxygen atoms in total.